The summed E-state index contributed by atoms with van der Waals surface area (Å²) >= 11 is 0. The van der Waals surface area contributed by atoms with Gasteiger partial charge in [-0.25, -0.2) is 9.97 Å². The third-order valence-corrected chi connectivity index (χ3v) is 4.04. The molecule has 2 aromatic rings. The monoisotopic (exact) mass is 253 g/mol. The first-order valence-electron chi connectivity index (χ1n) is 6.76. The molecule has 1 aromatic heterocycles. The molecule has 1 heterocycles. The lowest BCUT2D eigenvalue weighted by Gasteiger charge is -2.13. The Kier molecular flexibility index (Phi) is 2.86. The number of hydrogen-bond donors (Lipinski definition) is 1. The van der Waals surface area contributed by atoms with Crippen molar-refractivity contribution in [2.45, 2.75) is 32.1 Å². The van der Waals surface area contributed by atoms with Crippen LogP contribution in [0.15, 0.2) is 30.5 Å². The zero-order valence-electron chi connectivity index (χ0n) is 11.5. The van der Waals surface area contributed by atoms with E-state index in [1.807, 2.05) is 12.3 Å². The van der Waals surface area contributed by atoms with E-state index >= 15 is 0 Å². The first-order valence-corrected chi connectivity index (χ1v) is 6.76. The Morgan fingerprint density at radius 2 is 2.00 bits per heavy atom. The first kappa shape index (κ1) is 12.3. The number of hydrogen-bond acceptors (Lipinski definition) is 3. The molecule has 3 heteroatoms. The van der Waals surface area contributed by atoms with Gasteiger partial charge < -0.3 is 5.73 Å². The van der Waals surface area contributed by atoms with Gasteiger partial charge >= 0.3 is 0 Å². The second-order valence-electron chi connectivity index (χ2n) is 5.57. The van der Waals surface area contributed by atoms with Crippen LogP contribution >= 0.6 is 0 Å². The Balaban J connectivity index is 2.06. The van der Waals surface area contributed by atoms with E-state index < -0.39 is 0 Å². The number of nitrogens with two attached hydrogens (primary N) is 1. The van der Waals surface area contributed by atoms with Gasteiger partial charge in [-0.2, -0.15) is 0 Å². The van der Waals surface area contributed by atoms with Crippen molar-refractivity contribution >= 4 is 0 Å². The summed E-state index contributed by atoms with van der Waals surface area (Å²) in [6.07, 6.45) is 4.08. The lowest BCUT2D eigenvalue weighted by molar-refractivity contribution is 0.649. The van der Waals surface area contributed by atoms with Crippen LogP contribution in [0.4, 0.5) is 0 Å². The molecule has 1 aliphatic carbocycles. The molecule has 1 aromatic carbocycles. The van der Waals surface area contributed by atoms with Gasteiger partial charge in [-0.3, -0.25) is 0 Å². The Labute approximate surface area is 113 Å². The Morgan fingerprint density at radius 1 is 1.21 bits per heavy atom. The van der Waals surface area contributed by atoms with Gasteiger partial charge in [-0.1, -0.05) is 17.7 Å². The maximum Gasteiger partial charge on any atom is 0.136 e. The van der Waals surface area contributed by atoms with Crippen molar-refractivity contribution < 1.29 is 0 Å². The molecule has 0 unspecified atom stereocenters. The van der Waals surface area contributed by atoms with Crippen LogP contribution in [0.2, 0.25) is 0 Å². The van der Waals surface area contributed by atoms with E-state index in [4.69, 9.17) is 10.7 Å². The molecule has 0 saturated heterocycles. The molecule has 98 valence electrons. The van der Waals surface area contributed by atoms with Crippen LogP contribution in [0.1, 0.15) is 29.8 Å². The van der Waals surface area contributed by atoms with Crippen LogP contribution < -0.4 is 5.73 Å². The van der Waals surface area contributed by atoms with Crippen molar-refractivity contribution in [3.05, 3.63) is 47.4 Å². The quantitative estimate of drug-likeness (QED) is 0.915. The zero-order valence-corrected chi connectivity index (χ0v) is 11.5. The highest BCUT2D eigenvalue weighted by molar-refractivity contribution is 5.64. The van der Waals surface area contributed by atoms with Gasteiger partial charge in [0.15, 0.2) is 0 Å². The predicted octanol–water partition coefficient (Wildman–Crippen LogP) is 2.75. The van der Waals surface area contributed by atoms with E-state index in [9.17, 15) is 0 Å². The maximum atomic E-state index is 5.86. The van der Waals surface area contributed by atoms with E-state index in [2.05, 4.69) is 37.0 Å². The van der Waals surface area contributed by atoms with Gasteiger partial charge in [0, 0.05) is 23.7 Å². The molecule has 0 aliphatic heterocycles. The first-order chi connectivity index (χ1) is 9.14. The largest absolute Gasteiger partial charge is 0.329 e. The number of aromatic nitrogens is 2. The van der Waals surface area contributed by atoms with Crippen molar-refractivity contribution in [2.24, 2.45) is 5.73 Å². The summed E-state index contributed by atoms with van der Waals surface area (Å²) in [6.45, 7) is 4.86. The lowest BCUT2D eigenvalue weighted by Crippen LogP contribution is -2.22. The smallest absolute Gasteiger partial charge is 0.136 e. The van der Waals surface area contributed by atoms with Crippen LogP contribution in [0.25, 0.3) is 11.3 Å². The number of rotatable bonds is 3. The van der Waals surface area contributed by atoms with Crippen molar-refractivity contribution in [2.75, 3.05) is 6.54 Å². The van der Waals surface area contributed by atoms with E-state index in [0.29, 0.717) is 6.54 Å². The third kappa shape index (κ3) is 2.15. The number of benzene rings is 1. The summed E-state index contributed by atoms with van der Waals surface area (Å²) in [4.78, 5) is 9.19. The molecule has 0 amide bonds. The van der Waals surface area contributed by atoms with Gasteiger partial charge in [0.25, 0.3) is 0 Å². The van der Waals surface area contributed by atoms with E-state index in [1.165, 1.54) is 16.7 Å². The van der Waals surface area contributed by atoms with E-state index in [1.54, 1.807) is 0 Å². The molecular weight excluding hydrogens is 234 g/mol. The fraction of sp³-hybridized carbons (Fsp3) is 0.375. The van der Waals surface area contributed by atoms with Crippen LogP contribution in [0.5, 0.6) is 0 Å². The van der Waals surface area contributed by atoms with Crippen molar-refractivity contribution in [3.63, 3.8) is 0 Å². The topological polar surface area (TPSA) is 51.8 Å². The normalized spacial score (nSPS) is 16.4. The lowest BCUT2D eigenvalue weighted by atomic mass is 10.0. The maximum absolute atomic E-state index is 5.86. The third-order valence-electron chi connectivity index (χ3n) is 4.04. The summed E-state index contributed by atoms with van der Waals surface area (Å²) < 4.78 is 0. The highest BCUT2D eigenvalue weighted by Crippen LogP contribution is 2.45. The minimum Gasteiger partial charge on any atom is -0.329 e. The number of aryl methyl sites for hydroxylation is 2. The molecule has 1 saturated carbocycles. The number of nitrogens with zero attached hydrogens (tertiary/aromatic N) is 2. The highest BCUT2D eigenvalue weighted by Gasteiger charge is 2.45. The average molecular weight is 253 g/mol. The predicted molar refractivity (Wildman–Crippen MR) is 76.9 cm³/mol. The Hall–Kier alpha value is -1.74. The molecule has 2 N–H and O–H groups in total. The molecule has 0 bridgehead atoms. The highest BCUT2D eigenvalue weighted by atomic mass is 14.9. The van der Waals surface area contributed by atoms with E-state index in [-0.39, 0.29) is 5.41 Å². The molecule has 0 spiro atoms. The molecule has 19 heavy (non-hydrogen) atoms. The van der Waals surface area contributed by atoms with Crippen LogP contribution in [-0.4, -0.2) is 16.5 Å². The summed E-state index contributed by atoms with van der Waals surface area (Å²) in [5.74, 6) is 0.911. The van der Waals surface area contributed by atoms with Crippen LogP contribution in [0, 0.1) is 13.8 Å². The van der Waals surface area contributed by atoms with Crippen molar-refractivity contribution in [1.29, 1.82) is 0 Å². The Morgan fingerprint density at radius 3 is 2.68 bits per heavy atom. The van der Waals surface area contributed by atoms with Gasteiger partial charge in [-0.05, 0) is 44.4 Å². The van der Waals surface area contributed by atoms with Crippen molar-refractivity contribution in [1.82, 2.24) is 9.97 Å². The molecule has 0 atom stereocenters. The average Bonchev–Trinajstić information content (AvgIpc) is 3.23. The van der Waals surface area contributed by atoms with Crippen LogP contribution in [-0.2, 0) is 5.41 Å². The molecule has 1 aliphatic rings. The Bertz CT molecular complexity index is 615. The fourth-order valence-corrected chi connectivity index (χ4v) is 2.45. The second-order valence-corrected chi connectivity index (χ2v) is 5.57. The van der Waals surface area contributed by atoms with Gasteiger partial charge in [0.05, 0.1) is 5.69 Å². The SMILES string of the molecule is Cc1ccc(C)c(-c2ccnc(C3(CN)CC3)n2)c1. The zero-order chi connectivity index (χ0) is 13.5. The minimum absolute atomic E-state index is 0.0493. The van der Waals surface area contributed by atoms with E-state index in [0.717, 1.165) is 24.4 Å². The van der Waals surface area contributed by atoms with Gasteiger partial charge in [0.1, 0.15) is 5.82 Å². The molecule has 0 radical (unpaired) electrons. The molecule has 3 nitrogen and oxygen atoms in total. The van der Waals surface area contributed by atoms with Gasteiger partial charge in [0.2, 0.25) is 0 Å². The molecular formula is C16H19N3. The van der Waals surface area contributed by atoms with Crippen LogP contribution in [0.3, 0.4) is 0 Å². The summed E-state index contributed by atoms with van der Waals surface area (Å²) in [6, 6.07) is 8.44. The second kappa shape index (κ2) is 4.42. The summed E-state index contributed by atoms with van der Waals surface area (Å²) in [5, 5.41) is 0. The molecule has 1 fully saturated rings. The van der Waals surface area contributed by atoms with Gasteiger partial charge in [-0.15, -0.1) is 0 Å². The molecule has 3 rings (SSSR count). The van der Waals surface area contributed by atoms with Crippen molar-refractivity contribution in [3.8, 4) is 11.3 Å². The summed E-state index contributed by atoms with van der Waals surface area (Å²) in [5.41, 5.74) is 10.6. The fourth-order valence-electron chi connectivity index (χ4n) is 2.45. The minimum atomic E-state index is 0.0493. The standard InChI is InChI=1S/C16H19N3/c1-11-3-4-12(2)13(9-11)14-5-8-18-15(19-14)16(10-17)6-7-16/h3-5,8-9H,6-7,10,17H2,1-2H3. The summed E-state index contributed by atoms with van der Waals surface area (Å²) in [7, 11) is 0.